The van der Waals surface area contributed by atoms with Gasteiger partial charge in [0, 0.05) is 18.3 Å². The lowest BCUT2D eigenvalue weighted by molar-refractivity contribution is 0.103. The Kier molecular flexibility index (Phi) is 4.47. The van der Waals surface area contributed by atoms with Gasteiger partial charge in [0.05, 0.1) is 11.8 Å². The van der Waals surface area contributed by atoms with E-state index in [0.717, 1.165) is 30.6 Å². The van der Waals surface area contributed by atoms with Crippen LogP contribution in [-0.2, 0) is 13.0 Å². The number of likely N-dealkylation sites (N-methyl/N-ethyl adjacent to an activating group) is 1. The number of hydrogen-bond acceptors (Lipinski definition) is 3. The van der Waals surface area contributed by atoms with Gasteiger partial charge in [-0.15, -0.1) is 0 Å². The van der Waals surface area contributed by atoms with Gasteiger partial charge in [0.25, 0.3) is 0 Å². The molecule has 0 unspecified atom stereocenters. The van der Waals surface area contributed by atoms with Crippen molar-refractivity contribution in [2.75, 3.05) is 13.6 Å². The first-order chi connectivity index (χ1) is 9.26. The van der Waals surface area contributed by atoms with Crippen LogP contribution in [0.2, 0.25) is 0 Å². The van der Waals surface area contributed by atoms with Crippen LogP contribution in [-0.4, -0.2) is 29.2 Å². The minimum atomic E-state index is 0.0476. The van der Waals surface area contributed by atoms with Crippen LogP contribution in [0.1, 0.15) is 28.4 Å². The molecule has 0 aliphatic rings. The molecule has 1 heterocycles. The molecule has 0 aliphatic carbocycles. The van der Waals surface area contributed by atoms with Crippen molar-refractivity contribution in [1.82, 2.24) is 15.1 Å². The van der Waals surface area contributed by atoms with Gasteiger partial charge in [-0.05, 0) is 32.5 Å². The lowest BCUT2D eigenvalue weighted by Gasteiger charge is -2.07. The normalized spacial score (nSPS) is 10.6. The largest absolute Gasteiger partial charge is 0.319 e. The van der Waals surface area contributed by atoms with Crippen LogP contribution in [0.3, 0.4) is 0 Å². The van der Waals surface area contributed by atoms with Crippen LogP contribution in [0.5, 0.6) is 0 Å². The minimum Gasteiger partial charge on any atom is -0.319 e. The average Bonchev–Trinajstić information content (AvgIpc) is 2.93. The summed E-state index contributed by atoms with van der Waals surface area (Å²) < 4.78 is 1.77. The highest BCUT2D eigenvalue weighted by Gasteiger charge is 2.14. The van der Waals surface area contributed by atoms with E-state index in [4.69, 9.17) is 0 Å². The van der Waals surface area contributed by atoms with Crippen molar-refractivity contribution in [3.8, 4) is 0 Å². The molecule has 0 atom stereocenters. The van der Waals surface area contributed by atoms with Gasteiger partial charge in [-0.3, -0.25) is 9.48 Å². The van der Waals surface area contributed by atoms with Crippen molar-refractivity contribution in [3.63, 3.8) is 0 Å². The zero-order chi connectivity index (χ0) is 13.7. The SMILES string of the molecule is CCn1cc(C(=O)c2ccccc2CCNC)cn1. The number of aryl methyl sites for hydroxylation is 1. The summed E-state index contributed by atoms with van der Waals surface area (Å²) in [6.45, 7) is 3.63. The maximum Gasteiger partial charge on any atom is 0.196 e. The van der Waals surface area contributed by atoms with Gasteiger partial charge in [-0.2, -0.15) is 5.10 Å². The molecule has 0 saturated heterocycles. The van der Waals surface area contributed by atoms with Crippen molar-refractivity contribution in [2.24, 2.45) is 0 Å². The molecule has 0 bridgehead atoms. The fraction of sp³-hybridized carbons (Fsp3) is 0.333. The fourth-order valence-electron chi connectivity index (χ4n) is 2.03. The molecular formula is C15H19N3O. The first kappa shape index (κ1) is 13.5. The van der Waals surface area contributed by atoms with Crippen molar-refractivity contribution < 1.29 is 4.79 Å². The number of nitrogens with one attached hydrogen (secondary N) is 1. The van der Waals surface area contributed by atoms with Crippen LogP contribution in [0.15, 0.2) is 36.7 Å². The molecule has 2 rings (SSSR count). The van der Waals surface area contributed by atoms with Crippen molar-refractivity contribution >= 4 is 5.78 Å². The second-order valence-corrected chi connectivity index (χ2v) is 4.42. The van der Waals surface area contributed by atoms with Gasteiger partial charge in [-0.25, -0.2) is 0 Å². The maximum absolute atomic E-state index is 12.5. The van der Waals surface area contributed by atoms with E-state index in [1.54, 1.807) is 17.1 Å². The van der Waals surface area contributed by atoms with E-state index in [1.807, 2.05) is 38.2 Å². The maximum atomic E-state index is 12.5. The molecule has 1 aromatic heterocycles. The minimum absolute atomic E-state index is 0.0476. The van der Waals surface area contributed by atoms with E-state index in [1.165, 1.54) is 0 Å². The topological polar surface area (TPSA) is 46.9 Å². The number of hydrogen-bond donors (Lipinski definition) is 1. The fourth-order valence-corrected chi connectivity index (χ4v) is 2.03. The van der Waals surface area contributed by atoms with Crippen LogP contribution >= 0.6 is 0 Å². The van der Waals surface area contributed by atoms with Gasteiger partial charge in [0.1, 0.15) is 0 Å². The van der Waals surface area contributed by atoms with E-state index < -0.39 is 0 Å². The van der Waals surface area contributed by atoms with E-state index in [-0.39, 0.29) is 5.78 Å². The van der Waals surface area contributed by atoms with Crippen LogP contribution in [0.25, 0.3) is 0 Å². The Morgan fingerprint density at radius 2 is 2.16 bits per heavy atom. The van der Waals surface area contributed by atoms with Crippen molar-refractivity contribution in [3.05, 3.63) is 53.3 Å². The lowest BCUT2D eigenvalue weighted by atomic mass is 9.98. The predicted molar refractivity (Wildman–Crippen MR) is 75.4 cm³/mol. The first-order valence-electron chi connectivity index (χ1n) is 6.56. The zero-order valence-corrected chi connectivity index (χ0v) is 11.4. The van der Waals surface area contributed by atoms with Gasteiger partial charge >= 0.3 is 0 Å². The molecule has 0 spiro atoms. The summed E-state index contributed by atoms with van der Waals surface area (Å²) in [5.41, 5.74) is 2.50. The molecule has 0 aliphatic heterocycles. The predicted octanol–water partition coefficient (Wildman–Crippen LogP) is 1.90. The molecule has 1 aromatic carbocycles. The molecule has 0 fully saturated rings. The molecule has 19 heavy (non-hydrogen) atoms. The Morgan fingerprint density at radius 1 is 1.37 bits per heavy atom. The van der Waals surface area contributed by atoms with Gasteiger partial charge in [0.2, 0.25) is 0 Å². The Balaban J connectivity index is 2.27. The molecule has 0 saturated carbocycles. The van der Waals surface area contributed by atoms with Gasteiger partial charge in [0.15, 0.2) is 5.78 Å². The van der Waals surface area contributed by atoms with E-state index in [2.05, 4.69) is 10.4 Å². The van der Waals surface area contributed by atoms with E-state index in [0.29, 0.717) is 5.56 Å². The smallest absolute Gasteiger partial charge is 0.196 e. The summed E-state index contributed by atoms with van der Waals surface area (Å²) in [6, 6.07) is 7.77. The number of carbonyl (C=O) groups is 1. The van der Waals surface area contributed by atoms with Gasteiger partial charge in [-0.1, -0.05) is 24.3 Å². The highest BCUT2D eigenvalue weighted by Crippen LogP contribution is 2.14. The lowest BCUT2D eigenvalue weighted by Crippen LogP contribution is -2.13. The summed E-state index contributed by atoms with van der Waals surface area (Å²) in [5.74, 6) is 0.0476. The summed E-state index contributed by atoms with van der Waals surface area (Å²) in [5, 5.41) is 7.26. The summed E-state index contributed by atoms with van der Waals surface area (Å²) in [6.07, 6.45) is 4.29. The number of rotatable bonds is 6. The zero-order valence-electron chi connectivity index (χ0n) is 11.4. The quantitative estimate of drug-likeness (QED) is 0.804. The first-order valence-corrected chi connectivity index (χ1v) is 6.56. The summed E-state index contributed by atoms with van der Waals surface area (Å²) in [4.78, 5) is 12.5. The van der Waals surface area contributed by atoms with E-state index in [9.17, 15) is 4.79 Å². The Hall–Kier alpha value is -1.94. The second-order valence-electron chi connectivity index (χ2n) is 4.42. The summed E-state index contributed by atoms with van der Waals surface area (Å²) in [7, 11) is 1.91. The molecule has 1 N–H and O–H groups in total. The average molecular weight is 257 g/mol. The standard InChI is InChI=1S/C15H19N3O/c1-3-18-11-13(10-17-18)15(19)14-7-5-4-6-12(14)8-9-16-2/h4-7,10-11,16H,3,8-9H2,1-2H3. The number of nitrogens with zero attached hydrogens (tertiary/aromatic N) is 2. The highest BCUT2D eigenvalue weighted by molar-refractivity contribution is 6.09. The molecule has 4 nitrogen and oxygen atoms in total. The highest BCUT2D eigenvalue weighted by atomic mass is 16.1. The van der Waals surface area contributed by atoms with E-state index >= 15 is 0 Å². The second kappa shape index (κ2) is 6.29. The molecule has 4 heteroatoms. The Morgan fingerprint density at radius 3 is 2.84 bits per heavy atom. The molecule has 0 amide bonds. The summed E-state index contributed by atoms with van der Waals surface area (Å²) >= 11 is 0. The third kappa shape index (κ3) is 3.09. The number of ketones is 1. The third-order valence-corrected chi connectivity index (χ3v) is 3.13. The monoisotopic (exact) mass is 257 g/mol. The number of carbonyl (C=O) groups excluding carboxylic acids is 1. The molecular weight excluding hydrogens is 238 g/mol. The van der Waals surface area contributed by atoms with Crippen LogP contribution < -0.4 is 5.32 Å². The molecule has 100 valence electrons. The number of aromatic nitrogens is 2. The van der Waals surface area contributed by atoms with Crippen molar-refractivity contribution in [2.45, 2.75) is 19.9 Å². The molecule has 0 radical (unpaired) electrons. The Labute approximate surface area is 113 Å². The van der Waals surface area contributed by atoms with Crippen molar-refractivity contribution in [1.29, 1.82) is 0 Å². The molecule has 2 aromatic rings. The van der Waals surface area contributed by atoms with Gasteiger partial charge < -0.3 is 5.32 Å². The number of benzene rings is 1. The third-order valence-electron chi connectivity index (χ3n) is 3.13. The Bertz CT molecular complexity index is 560. The van der Waals surface area contributed by atoms with Crippen LogP contribution in [0, 0.1) is 0 Å². The van der Waals surface area contributed by atoms with Crippen LogP contribution in [0.4, 0.5) is 0 Å².